The molecule has 6 aliphatic heterocycles. The quantitative estimate of drug-likeness (QED) is 0.192. The summed E-state index contributed by atoms with van der Waals surface area (Å²) in [7, 11) is 0. The summed E-state index contributed by atoms with van der Waals surface area (Å²) in [5, 5.41) is 13.3. The Morgan fingerprint density at radius 2 is 1.62 bits per heavy atom. The maximum Gasteiger partial charge on any atom is 0.413 e. The lowest BCUT2D eigenvalue weighted by Gasteiger charge is -2.52. The number of carbonyl (C=O) groups is 1. The number of thioether (sulfide) groups is 1. The van der Waals surface area contributed by atoms with Gasteiger partial charge in [0.15, 0.2) is 12.2 Å². The number of halogens is 4. The highest BCUT2D eigenvalue weighted by atomic mass is 35.5. The van der Waals surface area contributed by atoms with Crippen LogP contribution in [0.1, 0.15) is 165 Å². The Hall–Kier alpha value is -2.94. The van der Waals surface area contributed by atoms with E-state index in [9.17, 15) is 10.1 Å². The summed E-state index contributed by atoms with van der Waals surface area (Å²) in [5.41, 5.74) is 13.4. The molecule has 3 saturated carbocycles. The fourth-order valence-corrected chi connectivity index (χ4v) is 18.2. The lowest BCUT2D eigenvalue weighted by molar-refractivity contribution is -1.01. The van der Waals surface area contributed by atoms with Gasteiger partial charge in [0.2, 0.25) is 5.91 Å². The number of alkyl halides is 3. The molecular weight excluding hydrogens is 955 g/mol. The van der Waals surface area contributed by atoms with Crippen LogP contribution < -0.4 is 26.3 Å². The summed E-state index contributed by atoms with van der Waals surface area (Å²) < 4.78 is 52.8. The molecule has 6 heterocycles. The highest BCUT2D eigenvalue weighted by Crippen LogP contribution is 2.64. The van der Waals surface area contributed by atoms with Crippen molar-refractivity contribution in [1.82, 2.24) is 31.4 Å². The number of carbonyl (C=O) groups excluding carboxylic acids is 1. The Kier molecular flexibility index (Phi) is 14.6. The van der Waals surface area contributed by atoms with Crippen LogP contribution in [0.5, 0.6) is 5.75 Å². The van der Waals surface area contributed by atoms with Crippen LogP contribution in [0.25, 0.3) is 0 Å². The van der Waals surface area contributed by atoms with Crippen molar-refractivity contribution in [1.29, 1.82) is 5.26 Å². The van der Waals surface area contributed by atoms with E-state index in [1.165, 1.54) is 50.5 Å². The normalized spacial score (nSPS) is 38.7. The Morgan fingerprint density at radius 1 is 0.903 bits per heavy atom. The van der Waals surface area contributed by atoms with Crippen molar-refractivity contribution in [3.8, 4) is 11.8 Å². The van der Waals surface area contributed by atoms with E-state index in [0.717, 1.165) is 113 Å². The average molecular weight is 1030 g/mol. The van der Waals surface area contributed by atoms with Crippen LogP contribution in [0.15, 0.2) is 47.5 Å². The van der Waals surface area contributed by atoms with Crippen molar-refractivity contribution in [2.24, 2.45) is 27.7 Å². The molecule has 392 valence electrons. The van der Waals surface area contributed by atoms with Gasteiger partial charge < -0.3 is 10.1 Å². The van der Waals surface area contributed by atoms with Gasteiger partial charge in [-0.2, -0.15) is 23.9 Å². The van der Waals surface area contributed by atoms with Gasteiger partial charge in [-0.15, -0.1) is 11.8 Å². The number of nitrogens with one attached hydrogen (secondary N) is 4. The van der Waals surface area contributed by atoms with Crippen molar-refractivity contribution in [2.75, 3.05) is 26.2 Å². The molecule has 2 aromatic carbocycles. The number of aliphatic imine (C=N–C) groups is 1. The third-order valence-corrected chi connectivity index (χ3v) is 21.9. The first-order chi connectivity index (χ1) is 34.7. The van der Waals surface area contributed by atoms with Crippen LogP contribution in [0.3, 0.4) is 0 Å². The van der Waals surface area contributed by atoms with Gasteiger partial charge in [-0.1, -0.05) is 62.6 Å². The number of rotatable bonds is 8. The smallest absolute Gasteiger partial charge is 0.413 e. The Morgan fingerprint density at radius 3 is 2.31 bits per heavy atom. The van der Waals surface area contributed by atoms with Gasteiger partial charge in [-0.3, -0.25) is 19.6 Å². The van der Waals surface area contributed by atoms with Crippen molar-refractivity contribution >= 4 is 35.0 Å². The van der Waals surface area contributed by atoms with E-state index < -0.39 is 23.8 Å². The number of ether oxygens (including phenoxy) is 1. The predicted octanol–water partition coefficient (Wildman–Crippen LogP) is 10.5. The number of amides is 1. The maximum absolute atomic E-state index is 15.3. The van der Waals surface area contributed by atoms with Crippen LogP contribution in [-0.4, -0.2) is 112 Å². The number of hydrogen-bond acceptors (Lipinski definition) is 10. The number of hydrazine groups is 1. The van der Waals surface area contributed by atoms with Crippen molar-refractivity contribution in [3.63, 3.8) is 0 Å². The Balaban J connectivity index is 0.741. The summed E-state index contributed by atoms with van der Waals surface area (Å²) in [6.45, 7) is 10.9. The monoisotopic (exact) mass is 1030 g/mol. The fourth-order valence-electron chi connectivity index (χ4n) is 15.9. The molecule has 5 saturated heterocycles. The first kappa shape index (κ1) is 51.2. The van der Waals surface area contributed by atoms with Gasteiger partial charge in [0.1, 0.15) is 24.0 Å². The molecule has 9 unspecified atom stereocenters. The molecule has 16 heteroatoms. The van der Waals surface area contributed by atoms with Gasteiger partial charge in [0.25, 0.3) is 0 Å². The predicted molar refractivity (Wildman–Crippen MR) is 278 cm³/mol. The molecule has 1 amide bonds. The molecule has 2 spiro atoms. The van der Waals surface area contributed by atoms with E-state index in [1.807, 2.05) is 18.7 Å². The summed E-state index contributed by atoms with van der Waals surface area (Å²) >= 11 is 8.13. The maximum atomic E-state index is 15.3. The van der Waals surface area contributed by atoms with Gasteiger partial charge in [-0.25, -0.2) is 15.4 Å². The van der Waals surface area contributed by atoms with Gasteiger partial charge in [0, 0.05) is 42.3 Å². The van der Waals surface area contributed by atoms with E-state index in [1.54, 1.807) is 18.2 Å². The minimum absolute atomic E-state index is 0.0557. The second-order valence-corrected chi connectivity index (χ2v) is 25.7. The zero-order valence-electron chi connectivity index (χ0n) is 42.7. The Bertz CT molecular complexity index is 2340. The van der Waals surface area contributed by atoms with Crippen LogP contribution in [-0.2, 0) is 4.79 Å². The minimum atomic E-state index is -4.50. The molecular formula is C56H78ClF3N9O2S+. The average Bonchev–Trinajstić information content (AvgIpc) is 4.14. The second-order valence-electron chi connectivity index (χ2n) is 23.8. The highest BCUT2D eigenvalue weighted by molar-refractivity contribution is 8.00. The molecule has 2 aromatic rings. The van der Waals surface area contributed by atoms with Gasteiger partial charge >= 0.3 is 6.18 Å². The van der Waals surface area contributed by atoms with E-state index >= 15 is 13.2 Å². The topological polar surface area (TPSA) is 117 Å². The summed E-state index contributed by atoms with van der Waals surface area (Å²) in [5.74, 6) is 1.70. The number of benzene rings is 2. The van der Waals surface area contributed by atoms with Crippen molar-refractivity contribution in [3.05, 3.63) is 64.2 Å². The lowest BCUT2D eigenvalue weighted by atomic mass is 9.60. The van der Waals surface area contributed by atoms with Crippen molar-refractivity contribution in [2.45, 2.75) is 208 Å². The van der Waals surface area contributed by atoms with Gasteiger partial charge in [0.05, 0.1) is 47.0 Å². The SMILES string of the molecule is CC1SC2N3C(C)NNC3C(C(F)(F)F)N=C(c3ccc(C4CCC5(CC4)CCN(C4CCC(C(=O)NC6CCC(Oc7ccc(C#N)c(Cl)c7)CC6)N[N+]46CCCCCC6)C5)cc3)C2(C2CCCC2)C1C. The zero-order chi connectivity index (χ0) is 50.0. The summed E-state index contributed by atoms with van der Waals surface area (Å²) in [4.78, 5) is 24.0. The van der Waals surface area contributed by atoms with Crippen molar-refractivity contribution < 1.29 is 27.3 Å². The molecule has 4 N–H and O–H groups in total. The Labute approximate surface area is 435 Å². The number of quaternary nitrogens is 1. The molecule has 11 rings (SSSR count). The molecule has 0 aromatic heterocycles. The molecule has 0 radical (unpaired) electrons. The molecule has 9 atom stereocenters. The van der Waals surface area contributed by atoms with Crippen LogP contribution in [0.4, 0.5) is 13.2 Å². The molecule has 11 nitrogen and oxygen atoms in total. The number of hydrogen-bond donors (Lipinski definition) is 4. The molecule has 0 bridgehead atoms. The van der Waals surface area contributed by atoms with Gasteiger partial charge in [-0.05, 0) is 156 Å². The fraction of sp³-hybridized carbons (Fsp3) is 0.732. The van der Waals surface area contributed by atoms with E-state index in [2.05, 4.69) is 75.6 Å². The van der Waals surface area contributed by atoms with Crippen LogP contribution in [0, 0.1) is 34.0 Å². The standard InChI is InChI=1S/C56H77ClF3N9O2S/c1-35-36(2)72-53-55(35,42-10-6-7-11-42)49(63-50(56(58,59)60)51-65-64-37(3)68(51)53)40-14-12-38(13-15-40)39-24-26-54(27-25-39)28-29-67(34-54)48-23-22-47(66-69(48)30-8-4-5-9-31-69)52(70)62-43-17-20-44(21-18-43)71-45-19-16-41(33-61)46(57)32-45/h12-16,19,32,35-37,39,42-44,47-48,50-51,53,64-66H,4-11,17-18,20-31,34H2,1-3H3/p+1. The molecule has 9 aliphatic rings. The minimum Gasteiger partial charge on any atom is -0.490 e. The molecule has 72 heavy (non-hydrogen) atoms. The number of nitriles is 1. The van der Waals surface area contributed by atoms with E-state index in [0.29, 0.717) is 44.8 Å². The van der Waals surface area contributed by atoms with E-state index in [-0.39, 0.29) is 47.5 Å². The largest absolute Gasteiger partial charge is 0.490 e. The molecule has 3 aliphatic carbocycles. The van der Waals surface area contributed by atoms with Crippen LogP contribution in [0.2, 0.25) is 5.02 Å². The number of likely N-dealkylation sites (tertiary alicyclic amines) is 1. The number of fused-ring (bicyclic) bond motifs is 3. The second kappa shape index (κ2) is 20.5. The number of nitrogens with zero attached hydrogens (tertiary/aromatic N) is 5. The summed E-state index contributed by atoms with van der Waals surface area (Å²) in [6.07, 6.45) is 15.0. The summed E-state index contributed by atoms with van der Waals surface area (Å²) in [6, 6.07) is 14.2. The third-order valence-electron chi connectivity index (χ3n) is 19.9. The van der Waals surface area contributed by atoms with Crippen LogP contribution >= 0.6 is 23.4 Å². The zero-order valence-corrected chi connectivity index (χ0v) is 44.3. The molecule has 8 fully saturated rings. The first-order valence-electron chi connectivity index (χ1n) is 27.9. The first-order valence-corrected chi connectivity index (χ1v) is 29.3. The van der Waals surface area contributed by atoms with E-state index in [4.69, 9.17) is 21.3 Å². The lowest BCUT2D eigenvalue weighted by Crippen LogP contribution is -2.75. The third kappa shape index (κ3) is 9.44. The highest BCUT2D eigenvalue weighted by Gasteiger charge is 2.67.